The number of benzene rings is 2. The zero-order chi connectivity index (χ0) is 23.1. The standard InChI is InChI=1S/C22H22ClF2NO5S/c1-30-12-19(27)26-15-8-9-22(32(28,29)16-4-2-14(23)3-5-16)13(10-15)11-31-21-18(25)7-6-17(24)20(21)22/h2-7,13,15H,8-12H2,1H3,(H,26,27)/t13-,15-,22+/m1/s1. The van der Waals surface area contributed by atoms with E-state index in [1.807, 2.05) is 0 Å². The molecular weight excluding hydrogens is 464 g/mol. The van der Waals surface area contributed by atoms with Gasteiger partial charge in [0.15, 0.2) is 21.4 Å². The molecule has 1 N–H and O–H groups in total. The highest BCUT2D eigenvalue weighted by atomic mass is 35.5. The van der Waals surface area contributed by atoms with E-state index in [1.54, 1.807) is 0 Å². The molecule has 10 heteroatoms. The largest absolute Gasteiger partial charge is 0.490 e. The lowest BCUT2D eigenvalue weighted by Gasteiger charge is -2.49. The van der Waals surface area contributed by atoms with Crippen LogP contribution in [0.3, 0.4) is 0 Å². The Morgan fingerprint density at radius 2 is 1.91 bits per heavy atom. The Labute approximate surface area is 189 Å². The van der Waals surface area contributed by atoms with Gasteiger partial charge in [0.05, 0.1) is 17.1 Å². The fourth-order valence-corrected chi connectivity index (χ4v) is 7.36. The molecule has 0 unspecified atom stereocenters. The van der Waals surface area contributed by atoms with Crippen LogP contribution in [0.25, 0.3) is 0 Å². The molecule has 1 saturated carbocycles. The minimum Gasteiger partial charge on any atom is -0.490 e. The molecule has 3 atom stereocenters. The maximum atomic E-state index is 15.2. The first-order chi connectivity index (χ1) is 15.2. The highest BCUT2D eigenvalue weighted by Gasteiger charge is 2.59. The molecule has 32 heavy (non-hydrogen) atoms. The molecule has 0 spiro atoms. The first-order valence-corrected chi connectivity index (χ1v) is 12.0. The summed E-state index contributed by atoms with van der Waals surface area (Å²) >= 11 is 5.93. The number of nitrogens with one attached hydrogen (secondary N) is 1. The molecule has 1 aliphatic carbocycles. The maximum absolute atomic E-state index is 15.2. The van der Waals surface area contributed by atoms with Crippen LogP contribution >= 0.6 is 11.6 Å². The van der Waals surface area contributed by atoms with Crippen LogP contribution in [-0.2, 0) is 24.1 Å². The van der Waals surface area contributed by atoms with Gasteiger partial charge in [-0.1, -0.05) is 11.6 Å². The van der Waals surface area contributed by atoms with Gasteiger partial charge in [-0.15, -0.1) is 0 Å². The van der Waals surface area contributed by atoms with Crippen LogP contribution in [0.4, 0.5) is 8.78 Å². The summed E-state index contributed by atoms with van der Waals surface area (Å²) in [7, 11) is -2.80. The fourth-order valence-electron chi connectivity index (χ4n) is 4.87. The van der Waals surface area contributed by atoms with Crippen molar-refractivity contribution in [2.45, 2.75) is 34.9 Å². The van der Waals surface area contributed by atoms with Crippen molar-refractivity contribution in [1.82, 2.24) is 5.32 Å². The van der Waals surface area contributed by atoms with Crippen molar-refractivity contribution in [2.24, 2.45) is 5.92 Å². The third-order valence-electron chi connectivity index (χ3n) is 6.25. The lowest BCUT2D eigenvalue weighted by atomic mass is 9.71. The Kier molecular flexibility index (Phi) is 6.17. The third kappa shape index (κ3) is 3.66. The molecule has 2 aromatic rings. The monoisotopic (exact) mass is 485 g/mol. The summed E-state index contributed by atoms with van der Waals surface area (Å²) in [6.07, 6.45) is 0.461. The molecule has 1 amide bonds. The number of hydrogen-bond acceptors (Lipinski definition) is 5. The Balaban J connectivity index is 1.84. The quantitative estimate of drug-likeness (QED) is 0.699. The van der Waals surface area contributed by atoms with Crippen LogP contribution < -0.4 is 10.1 Å². The van der Waals surface area contributed by atoms with E-state index in [0.29, 0.717) is 5.02 Å². The predicted octanol–water partition coefficient (Wildman–Crippen LogP) is 3.61. The van der Waals surface area contributed by atoms with Gasteiger partial charge >= 0.3 is 0 Å². The van der Waals surface area contributed by atoms with Crippen LogP contribution in [0.1, 0.15) is 24.8 Å². The zero-order valence-electron chi connectivity index (χ0n) is 17.2. The molecule has 2 aromatic carbocycles. The average Bonchev–Trinajstić information content (AvgIpc) is 2.76. The van der Waals surface area contributed by atoms with Crippen molar-refractivity contribution in [3.8, 4) is 5.75 Å². The zero-order valence-corrected chi connectivity index (χ0v) is 18.8. The number of sulfone groups is 1. The minimum atomic E-state index is -4.20. The molecule has 0 bridgehead atoms. The van der Waals surface area contributed by atoms with E-state index < -0.39 is 32.1 Å². The van der Waals surface area contributed by atoms with Crippen molar-refractivity contribution in [3.05, 3.63) is 58.6 Å². The maximum Gasteiger partial charge on any atom is 0.246 e. The van der Waals surface area contributed by atoms with E-state index in [4.69, 9.17) is 21.1 Å². The second-order valence-electron chi connectivity index (χ2n) is 8.06. The molecule has 1 aliphatic heterocycles. The summed E-state index contributed by atoms with van der Waals surface area (Å²) in [5.74, 6) is -3.08. The van der Waals surface area contributed by atoms with Crippen LogP contribution in [0.2, 0.25) is 5.02 Å². The highest BCUT2D eigenvalue weighted by Crippen LogP contribution is 2.56. The first-order valence-electron chi connectivity index (χ1n) is 10.1. The van der Waals surface area contributed by atoms with E-state index in [2.05, 4.69) is 5.32 Å². The van der Waals surface area contributed by atoms with Crippen LogP contribution in [0.15, 0.2) is 41.3 Å². The average molecular weight is 486 g/mol. The number of amides is 1. The predicted molar refractivity (Wildman–Crippen MR) is 113 cm³/mol. The summed E-state index contributed by atoms with van der Waals surface area (Å²) < 4.78 is 66.4. The normalized spacial score (nSPS) is 24.8. The van der Waals surface area contributed by atoms with Crippen molar-refractivity contribution in [2.75, 3.05) is 20.3 Å². The number of ether oxygens (including phenoxy) is 2. The number of hydrogen-bond donors (Lipinski definition) is 1. The summed E-state index contributed by atoms with van der Waals surface area (Å²) in [5.41, 5.74) is -0.287. The summed E-state index contributed by atoms with van der Waals surface area (Å²) in [6, 6.07) is 7.11. The Hall–Kier alpha value is -2.23. The van der Waals surface area contributed by atoms with Crippen molar-refractivity contribution < 1.29 is 31.5 Å². The molecule has 1 fully saturated rings. The van der Waals surface area contributed by atoms with Gasteiger partial charge in [-0.05, 0) is 55.7 Å². The van der Waals surface area contributed by atoms with E-state index in [-0.39, 0.29) is 60.6 Å². The van der Waals surface area contributed by atoms with Gasteiger partial charge in [0.2, 0.25) is 5.91 Å². The smallest absolute Gasteiger partial charge is 0.246 e. The number of carbonyl (C=O) groups is 1. The van der Waals surface area contributed by atoms with Gasteiger partial charge in [0.1, 0.15) is 17.2 Å². The van der Waals surface area contributed by atoms with Gasteiger partial charge < -0.3 is 14.8 Å². The molecule has 0 radical (unpaired) electrons. The number of halogens is 3. The molecule has 1 heterocycles. The van der Waals surface area contributed by atoms with Crippen LogP contribution in [0.5, 0.6) is 5.75 Å². The van der Waals surface area contributed by atoms with Gasteiger partial charge in [-0.25, -0.2) is 17.2 Å². The van der Waals surface area contributed by atoms with E-state index in [9.17, 15) is 17.6 Å². The highest BCUT2D eigenvalue weighted by molar-refractivity contribution is 7.92. The lowest BCUT2D eigenvalue weighted by molar-refractivity contribution is -0.125. The SMILES string of the molecule is COCC(=O)N[C@@H]1CC[C@@]2(S(=O)(=O)c3ccc(Cl)cc3)c3c(F)ccc(F)c3OC[C@H]2C1. The molecule has 0 aromatic heterocycles. The third-order valence-corrected chi connectivity index (χ3v) is 9.09. The number of fused-ring (bicyclic) bond motifs is 3. The number of methoxy groups -OCH3 is 1. The van der Waals surface area contributed by atoms with Crippen LogP contribution in [0, 0.1) is 17.6 Å². The Morgan fingerprint density at radius 1 is 1.22 bits per heavy atom. The van der Waals surface area contributed by atoms with Gasteiger partial charge in [0, 0.05) is 24.1 Å². The van der Waals surface area contributed by atoms with Gasteiger partial charge in [-0.2, -0.15) is 0 Å². The van der Waals surface area contributed by atoms with Gasteiger partial charge in [-0.3, -0.25) is 4.79 Å². The number of carbonyl (C=O) groups excluding carboxylic acids is 1. The topological polar surface area (TPSA) is 81.7 Å². The molecule has 4 rings (SSSR count). The van der Waals surface area contributed by atoms with E-state index >= 15 is 4.39 Å². The number of rotatable bonds is 5. The summed E-state index contributed by atoms with van der Waals surface area (Å²) in [4.78, 5) is 12.0. The van der Waals surface area contributed by atoms with Crippen LogP contribution in [-0.4, -0.2) is 40.7 Å². The Bertz CT molecular complexity index is 1140. The van der Waals surface area contributed by atoms with Crippen molar-refractivity contribution >= 4 is 27.3 Å². The summed E-state index contributed by atoms with van der Waals surface area (Å²) in [6.45, 7) is -0.259. The van der Waals surface area contributed by atoms with Crippen molar-refractivity contribution in [1.29, 1.82) is 0 Å². The van der Waals surface area contributed by atoms with E-state index in [0.717, 1.165) is 12.1 Å². The molecule has 172 valence electrons. The second-order valence-corrected chi connectivity index (χ2v) is 10.7. The lowest BCUT2D eigenvalue weighted by Crippen LogP contribution is -2.55. The second kappa shape index (κ2) is 8.61. The summed E-state index contributed by atoms with van der Waals surface area (Å²) in [5, 5.41) is 3.17. The van der Waals surface area contributed by atoms with Gasteiger partial charge in [0.25, 0.3) is 0 Å². The molecule has 0 saturated heterocycles. The van der Waals surface area contributed by atoms with E-state index in [1.165, 1.54) is 31.4 Å². The molecule has 2 aliphatic rings. The molecule has 6 nitrogen and oxygen atoms in total. The Morgan fingerprint density at radius 3 is 2.59 bits per heavy atom. The van der Waals surface area contributed by atoms with Crippen molar-refractivity contribution in [3.63, 3.8) is 0 Å². The molecular formula is C22H22ClF2NO5S. The minimum absolute atomic E-state index is 0.0166. The first kappa shape index (κ1) is 22.9. The fraction of sp³-hybridized carbons (Fsp3) is 0.409.